The zero-order valence-electron chi connectivity index (χ0n) is 7.11. The summed E-state index contributed by atoms with van der Waals surface area (Å²) in [6.45, 7) is 6.51. The molecule has 0 aromatic heterocycles. The van der Waals surface area contributed by atoms with Gasteiger partial charge in [-0.2, -0.15) is 0 Å². The molecule has 10 heavy (non-hydrogen) atoms. The molecule has 0 aromatic rings. The molecule has 1 fully saturated rings. The molecule has 0 aromatic carbocycles. The lowest BCUT2D eigenvalue weighted by molar-refractivity contribution is 0.125. The molecule has 0 radical (unpaired) electrons. The highest BCUT2D eigenvalue weighted by molar-refractivity contribution is 4.91. The summed E-state index contributed by atoms with van der Waals surface area (Å²) in [6.07, 6.45) is 1.25. The minimum absolute atomic E-state index is 0.288. The van der Waals surface area contributed by atoms with Crippen molar-refractivity contribution in [2.75, 3.05) is 20.3 Å². The van der Waals surface area contributed by atoms with Crippen molar-refractivity contribution in [3.05, 3.63) is 0 Å². The van der Waals surface area contributed by atoms with E-state index in [1.807, 2.05) is 0 Å². The van der Waals surface area contributed by atoms with Gasteiger partial charge < -0.3 is 10.1 Å². The zero-order valence-corrected chi connectivity index (χ0v) is 7.11. The fourth-order valence-electron chi connectivity index (χ4n) is 1.57. The Hall–Kier alpha value is -0.0800. The van der Waals surface area contributed by atoms with Crippen molar-refractivity contribution in [3.8, 4) is 0 Å². The first-order chi connectivity index (χ1) is 4.67. The van der Waals surface area contributed by atoms with E-state index in [0.717, 1.165) is 13.2 Å². The van der Waals surface area contributed by atoms with Gasteiger partial charge in [-0.1, -0.05) is 0 Å². The van der Waals surface area contributed by atoms with Gasteiger partial charge in [-0.05, 0) is 26.8 Å². The fraction of sp³-hybridized carbons (Fsp3) is 1.00. The normalized spacial score (nSPS) is 30.9. The third kappa shape index (κ3) is 1.50. The van der Waals surface area contributed by atoms with Crippen LogP contribution in [-0.4, -0.2) is 25.8 Å². The van der Waals surface area contributed by atoms with Crippen LogP contribution < -0.4 is 5.32 Å². The van der Waals surface area contributed by atoms with Crippen molar-refractivity contribution >= 4 is 0 Å². The third-order valence-electron chi connectivity index (χ3n) is 2.46. The molecule has 60 valence electrons. The van der Waals surface area contributed by atoms with E-state index in [4.69, 9.17) is 4.74 Å². The summed E-state index contributed by atoms with van der Waals surface area (Å²) in [6, 6.07) is 0. The Kier molecular flexibility index (Phi) is 2.32. The molecule has 1 heterocycles. The Morgan fingerprint density at radius 1 is 1.60 bits per heavy atom. The van der Waals surface area contributed by atoms with Crippen LogP contribution in [0, 0.1) is 5.92 Å². The molecule has 1 saturated heterocycles. The Labute approximate surface area is 63.0 Å². The van der Waals surface area contributed by atoms with Gasteiger partial charge in [0.05, 0.1) is 6.61 Å². The monoisotopic (exact) mass is 143 g/mol. The minimum atomic E-state index is 0.288. The first-order valence-corrected chi connectivity index (χ1v) is 3.91. The van der Waals surface area contributed by atoms with Gasteiger partial charge in [0.2, 0.25) is 0 Å². The maximum atomic E-state index is 5.12. The molecule has 0 saturated carbocycles. The molecule has 1 unspecified atom stereocenters. The molecule has 2 nitrogen and oxygen atoms in total. The van der Waals surface area contributed by atoms with Crippen LogP contribution in [0.1, 0.15) is 20.3 Å². The Morgan fingerprint density at radius 2 is 2.30 bits per heavy atom. The smallest absolute Gasteiger partial charge is 0.0508 e. The van der Waals surface area contributed by atoms with Crippen LogP contribution in [0.4, 0.5) is 0 Å². The van der Waals surface area contributed by atoms with Crippen LogP contribution in [0.25, 0.3) is 0 Å². The molecule has 0 spiro atoms. The van der Waals surface area contributed by atoms with Gasteiger partial charge in [-0.3, -0.25) is 0 Å². The van der Waals surface area contributed by atoms with Crippen LogP contribution in [-0.2, 0) is 4.74 Å². The summed E-state index contributed by atoms with van der Waals surface area (Å²) in [5.74, 6) is 0.692. The molecule has 2 heteroatoms. The zero-order chi connectivity index (χ0) is 7.61. The van der Waals surface area contributed by atoms with E-state index in [1.165, 1.54) is 6.42 Å². The standard InChI is InChI=1S/C8H17NO/c1-8(2)7(6-10-3)4-5-9-8/h7,9H,4-6H2,1-3H3. The van der Waals surface area contributed by atoms with E-state index in [-0.39, 0.29) is 5.54 Å². The van der Waals surface area contributed by atoms with Crippen molar-refractivity contribution in [2.45, 2.75) is 25.8 Å². The fourth-order valence-corrected chi connectivity index (χ4v) is 1.57. The van der Waals surface area contributed by atoms with E-state index in [1.54, 1.807) is 7.11 Å². The summed E-state index contributed by atoms with van der Waals surface area (Å²) in [7, 11) is 1.77. The van der Waals surface area contributed by atoms with E-state index in [9.17, 15) is 0 Å². The van der Waals surface area contributed by atoms with Gasteiger partial charge in [0.1, 0.15) is 0 Å². The van der Waals surface area contributed by atoms with E-state index < -0.39 is 0 Å². The summed E-state index contributed by atoms with van der Waals surface area (Å²) in [5, 5.41) is 3.45. The van der Waals surface area contributed by atoms with Crippen molar-refractivity contribution in [2.24, 2.45) is 5.92 Å². The highest BCUT2D eigenvalue weighted by Crippen LogP contribution is 2.25. The van der Waals surface area contributed by atoms with Crippen molar-refractivity contribution in [1.82, 2.24) is 5.32 Å². The number of ether oxygens (including phenoxy) is 1. The van der Waals surface area contributed by atoms with E-state index in [0.29, 0.717) is 5.92 Å². The average molecular weight is 143 g/mol. The van der Waals surface area contributed by atoms with Crippen molar-refractivity contribution in [1.29, 1.82) is 0 Å². The van der Waals surface area contributed by atoms with E-state index in [2.05, 4.69) is 19.2 Å². The van der Waals surface area contributed by atoms with Gasteiger partial charge in [-0.15, -0.1) is 0 Å². The lowest BCUT2D eigenvalue weighted by Gasteiger charge is -2.26. The molecular formula is C8H17NO. The first kappa shape index (κ1) is 8.02. The first-order valence-electron chi connectivity index (χ1n) is 3.91. The Morgan fingerprint density at radius 3 is 2.70 bits per heavy atom. The number of nitrogens with one attached hydrogen (secondary N) is 1. The third-order valence-corrected chi connectivity index (χ3v) is 2.46. The summed E-state index contributed by atoms with van der Waals surface area (Å²) in [5.41, 5.74) is 0.288. The SMILES string of the molecule is COCC1CCNC1(C)C. The van der Waals surface area contributed by atoms with Gasteiger partial charge in [-0.25, -0.2) is 0 Å². The maximum Gasteiger partial charge on any atom is 0.0508 e. The maximum absolute atomic E-state index is 5.12. The topological polar surface area (TPSA) is 21.3 Å². The number of hydrogen-bond acceptors (Lipinski definition) is 2. The van der Waals surface area contributed by atoms with E-state index >= 15 is 0 Å². The highest BCUT2D eigenvalue weighted by Gasteiger charge is 2.33. The molecule has 0 bridgehead atoms. The molecule has 0 aliphatic carbocycles. The minimum Gasteiger partial charge on any atom is -0.384 e. The average Bonchev–Trinajstić information content (AvgIpc) is 2.13. The summed E-state index contributed by atoms with van der Waals surface area (Å²) >= 11 is 0. The molecule has 0 amide bonds. The summed E-state index contributed by atoms with van der Waals surface area (Å²) < 4.78 is 5.12. The predicted molar refractivity (Wildman–Crippen MR) is 42.1 cm³/mol. The highest BCUT2D eigenvalue weighted by atomic mass is 16.5. The van der Waals surface area contributed by atoms with Crippen molar-refractivity contribution in [3.63, 3.8) is 0 Å². The van der Waals surface area contributed by atoms with Crippen LogP contribution in [0.15, 0.2) is 0 Å². The van der Waals surface area contributed by atoms with Gasteiger partial charge >= 0.3 is 0 Å². The quantitative estimate of drug-likeness (QED) is 0.623. The second-order valence-corrected chi connectivity index (χ2v) is 3.59. The lowest BCUT2D eigenvalue weighted by atomic mass is 9.90. The molecule has 1 atom stereocenters. The molecular weight excluding hydrogens is 126 g/mol. The van der Waals surface area contributed by atoms with Crippen LogP contribution >= 0.6 is 0 Å². The molecule has 1 aliphatic heterocycles. The predicted octanol–water partition coefficient (Wildman–Crippen LogP) is 1.02. The number of rotatable bonds is 2. The second-order valence-electron chi connectivity index (χ2n) is 3.59. The van der Waals surface area contributed by atoms with Crippen LogP contribution in [0.5, 0.6) is 0 Å². The van der Waals surface area contributed by atoms with Gasteiger partial charge in [0.15, 0.2) is 0 Å². The Bertz CT molecular complexity index is 112. The largest absolute Gasteiger partial charge is 0.384 e. The van der Waals surface area contributed by atoms with Gasteiger partial charge in [0.25, 0.3) is 0 Å². The summed E-state index contributed by atoms with van der Waals surface area (Å²) in [4.78, 5) is 0. The van der Waals surface area contributed by atoms with Gasteiger partial charge in [0, 0.05) is 18.6 Å². The van der Waals surface area contributed by atoms with Crippen molar-refractivity contribution < 1.29 is 4.74 Å². The Balaban J connectivity index is 2.43. The lowest BCUT2D eigenvalue weighted by Crippen LogP contribution is -2.39. The van der Waals surface area contributed by atoms with Crippen LogP contribution in [0.3, 0.4) is 0 Å². The second kappa shape index (κ2) is 2.89. The molecule has 1 N–H and O–H groups in total. The number of methoxy groups -OCH3 is 1. The number of hydrogen-bond donors (Lipinski definition) is 1. The van der Waals surface area contributed by atoms with Crippen LogP contribution in [0.2, 0.25) is 0 Å². The molecule has 1 rings (SSSR count). The molecule has 1 aliphatic rings.